The maximum atomic E-state index is 11.8. The SMILES string of the molecule is CCN1C(=O)CC(NCCc2ccnn2C)C1=O. The fourth-order valence-electron chi connectivity index (χ4n) is 2.20. The molecule has 1 unspecified atom stereocenters. The summed E-state index contributed by atoms with van der Waals surface area (Å²) in [6, 6.07) is 1.59. The zero-order chi connectivity index (χ0) is 13.1. The van der Waals surface area contributed by atoms with Crippen molar-refractivity contribution in [2.24, 2.45) is 7.05 Å². The molecule has 2 amide bonds. The number of hydrogen-bond donors (Lipinski definition) is 1. The standard InChI is InChI=1S/C12H18N4O2/c1-3-16-11(17)8-10(12(16)18)13-6-4-9-5-7-14-15(9)2/h5,7,10,13H,3-4,6,8H2,1-2H3. The number of rotatable bonds is 5. The van der Waals surface area contributed by atoms with Gasteiger partial charge in [0, 0.05) is 38.4 Å². The van der Waals surface area contributed by atoms with Gasteiger partial charge in [-0.1, -0.05) is 0 Å². The van der Waals surface area contributed by atoms with Crippen molar-refractivity contribution in [1.29, 1.82) is 0 Å². The van der Waals surface area contributed by atoms with Crippen molar-refractivity contribution in [3.05, 3.63) is 18.0 Å². The lowest BCUT2D eigenvalue weighted by Crippen LogP contribution is -2.39. The van der Waals surface area contributed by atoms with Crippen LogP contribution < -0.4 is 5.32 Å². The first-order valence-corrected chi connectivity index (χ1v) is 6.18. The molecule has 0 radical (unpaired) electrons. The van der Waals surface area contributed by atoms with E-state index in [1.165, 1.54) is 4.90 Å². The van der Waals surface area contributed by atoms with Gasteiger partial charge in [-0.2, -0.15) is 5.10 Å². The molecule has 0 spiro atoms. The van der Waals surface area contributed by atoms with Crippen molar-refractivity contribution < 1.29 is 9.59 Å². The highest BCUT2D eigenvalue weighted by Gasteiger charge is 2.36. The van der Waals surface area contributed by atoms with Crippen molar-refractivity contribution in [3.8, 4) is 0 Å². The Balaban J connectivity index is 1.83. The second kappa shape index (κ2) is 5.30. The number of nitrogens with zero attached hydrogens (tertiary/aromatic N) is 3. The summed E-state index contributed by atoms with van der Waals surface area (Å²) in [6.45, 7) is 2.94. The second-order valence-corrected chi connectivity index (χ2v) is 4.38. The van der Waals surface area contributed by atoms with Gasteiger partial charge in [0.05, 0.1) is 12.5 Å². The summed E-state index contributed by atoms with van der Waals surface area (Å²) >= 11 is 0. The first-order valence-electron chi connectivity index (χ1n) is 6.18. The maximum Gasteiger partial charge on any atom is 0.246 e. The van der Waals surface area contributed by atoms with Crippen LogP contribution in [0.1, 0.15) is 19.0 Å². The van der Waals surface area contributed by atoms with E-state index in [0.717, 1.165) is 12.1 Å². The molecule has 2 rings (SSSR count). The van der Waals surface area contributed by atoms with Gasteiger partial charge in [-0.25, -0.2) is 0 Å². The molecule has 1 aromatic heterocycles. The van der Waals surface area contributed by atoms with Gasteiger partial charge in [0.1, 0.15) is 0 Å². The van der Waals surface area contributed by atoms with Crippen molar-refractivity contribution in [3.63, 3.8) is 0 Å². The van der Waals surface area contributed by atoms with E-state index in [1.54, 1.807) is 6.20 Å². The molecular formula is C12H18N4O2. The van der Waals surface area contributed by atoms with Crippen LogP contribution in [0, 0.1) is 0 Å². The highest BCUT2D eigenvalue weighted by molar-refractivity contribution is 6.05. The third kappa shape index (κ3) is 2.43. The lowest BCUT2D eigenvalue weighted by molar-refractivity contribution is -0.138. The van der Waals surface area contributed by atoms with E-state index in [-0.39, 0.29) is 24.3 Å². The molecule has 6 heteroatoms. The number of imide groups is 1. The molecule has 0 bridgehead atoms. The molecule has 6 nitrogen and oxygen atoms in total. The summed E-state index contributed by atoms with van der Waals surface area (Å²) in [6.07, 6.45) is 2.82. The smallest absolute Gasteiger partial charge is 0.246 e. The number of amides is 2. The van der Waals surface area contributed by atoms with E-state index in [0.29, 0.717) is 13.1 Å². The largest absolute Gasteiger partial charge is 0.305 e. The van der Waals surface area contributed by atoms with Crippen LogP contribution in [0.2, 0.25) is 0 Å². The Labute approximate surface area is 106 Å². The molecule has 98 valence electrons. The zero-order valence-electron chi connectivity index (χ0n) is 10.7. The quantitative estimate of drug-likeness (QED) is 0.729. The molecular weight excluding hydrogens is 232 g/mol. The lowest BCUT2D eigenvalue weighted by Gasteiger charge is -2.13. The molecule has 0 saturated carbocycles. The first kappa shape index (κ1) is 12.8. The maximum absolute atomic E-state index is 11.8. The molecule has 1 aromatic rings. The van der Waals surface area contributed by atoms with Crippen LogP contribution in [0.15, 0.2) is 12.3 Å². The van der Waals surface area contributed by atoms with Crippen LogP contribution in [-0.4, -0.2) is 45.6 Å². The van der Waals surface area contributed by atoms with E-state index in [1.807, 2.05) is 24.7 Å². The van der Waals surface area contributed by atoms with Gasteiger partial charge in [0.15, 0.2) is 0 Å². The van der Waals surface area contributed by atoms with Gasteiger partial charge in [0.2, 0.25) is 11.8 Å². The van der Waals surface area contributed by atoms with E-state index in [2.05, 4.69) is 10.4 Å². The number of likely N-dealkylation sites (N-methyl/N-ethyl adjacent to an activating group) is 1. The van der Waals surface area contributed by atoms with Crippen molar-refractivity contribution in [1.82, 2.24) is 20.0 Å². The Morgan fingerprint density at radius 1 is 1.50 bits per heavy atom. The van der Waals surface area contributed by atoms with Gasteiger partial charge < -0.3 is 5.32 Å². The molecule has 18 heavy (non-hydrogen) atoms. The predicted molar refractivity (Wildman–Crippen MR) is 65.7 cm³/mol. The van der Waals surface area contributed by atoms with Gasteiger partial charge in [-0.3, -0.25) is 19.2 Å². The third-order valence-electron chi connectivity index (χ3n) is 3.25. The molecule has 1 N–H and O–H groups in total. The number of nitrogens with one attached hydrogen (secondary N) is 1. The van der Waals surface area contributed by atoms with E-state index in [4.69, 9.17) is 0 Å². The van der Waals surface area contributed by atoms with Crippen molar-refractivity contribution in [2.45, 2.75) is 25.8 Å². The van der Waals surface area contributed by atoms with Crippen LogP contribution in [-0.2, 0) is 23.1 Å². The molecule has 1 atom stereocenters. The third-order valence-corrected chi connectivity index (χ3v) is 3.25. The summed E-state index contributed by atoms with van der Waals surface area (Å²) in [5.41, 5.74) is 1.10. The Morgan fingerprint density at radius 2 is 2.28 bits per heavy atom. The van der Waals surface area contributed by atoms with Gasteiger partial charge in [0.25, 0.3) is 0 Å². The zero-order valence-corrected chi connectivity index (χ0v) is 10.7. The van der Waals surface area contributed by atoms with E-state index < -0.39 is 0 Å². The lowest BCUT2D eigenvalue weighted by atomic mass is 10.2. The normalized spacial score (nSPS) is 19.9. The minimum absolute atomic E-state index is 0.0828. The molecule has 1 aliphatic heterocycles. The van der Waals surface area contributed by atoms with Gasteiger partial charge >= 0.3 is 0 Å². The van der Waals surface area contributed by atoms with Gasteiger partial charge in [-0.05, 0) is 13.0 Å². The average molecular weight is 250 g/mol. The number of aromatic nitrogens is 2. The molecule has 1 aliphatic rings. The first-order chi connectivity index (χ1) is 8.63. The number of carbonyl (C=O) groups is 2. The Kier molecular flexibility index (Phi) is 3.76. The number of hydrogen-bond acceptors (Lipinski definition) is 4. The van der Waals surface area contributed by atoms with E-state index in [9.17, 15) is 9.59 Å². The fourth-order valence-corrected chi connectivity index (χ4v) is 2.20. The van der Waals surface area contributed by atoms with Crippen LogP contribution in [0.3, 0.4) is 0 Å². The number of carbonyl (C=O) groups excluding carboxylic acids is 2. The number of likely N-dealkylation sites (tertiary alicyclic amines) is 1. The fraction of sp³-hybridized carbons (Fsp3) is 0.583. The van der Waals surface area contributed by atoms with Crippen molar-refractivity contribution >= 4 is 11.8 Å². The van der Waals surface area contributed by atoms with Gasteiger partial charge in [-0.15, -0.1) is 0 Å². The molecule has 0 aromatic carbocycles. The summed E-state index contributed by atoms with van der Waals surface area (Å²) < 4.78 is 1.81. The van der Waals surface area contributed by atoms with Crippen molar-refractivity contribution in [2.75, 3.05) is 13.1 Å². The molecule has 1 saturated heterocycles. The van der Waals surface area contributed by atoms with Crippen LogP contribution in [0.25, 0.3) is 0 Å². The summed E-state index contributed by atoms with van der Waals surface area (Å²) in [5, 5.41) is 7.22. The highest BCUT2D eigenvalue weighted by atomic mass is 16.2. The second-order valence-electron chi connectivity index (χ2n) is 4.38. The summed E-state index contributed by atoms with van der Waals surface area (Å²) in [7, 11) is 1.89. The van der Waals surface area contributed by atoms with E-state index >= 15 is 0 Å². The molecule has 2 heterocycles. The average Bonchev–Trinajstić information content (AvgIpc) is 2.85. The Bertz CT molecular complexity index is 455. The Hall–Kier alpha value is -1.69. The topological polar surface area (TPSA) is 67.2 Å². The number of aryl methyl sites for hydroxylation is 1. The summed E-state index contributed by atoms with van der Waals surface area (Å²) in [4.78, 5) is 24.7. The van der Waals surface area contributed by atoms with Crippen LogP contribution in [0.5, 0.6) is 0 Å². The predicted octanol–water partition coefficient (Wildman–Crippen LogP) is -0.300. The molecule has 0 aliphatic carbocycles. The minimum Gasteiger partial charge on any atom is -0.305 e. The minimum atomic E-state index is -0.356. The summed E-state index contributed by atoms with van der Waals surface area (Å²) in [5.74, 6) is -0.187. The monoisotopic (exact) mass is 250 g/mol. The Morgan fingerprint density at radius 3 is 2.83 bits per heavy atom. The van der Waals surface area contributed by atoms with Crippen LogP contribution in [0.4, 0.5) is 0 Å². The highest BCUT2D eigenvalue weighted by Crippen LogP contribution is 2.12. The molecule has 1 fully saturated rings. The van der Waals surface area contributed by atoms with Crippen LogP contribution >= 0.6 is 0 Å².